The zero-order chi connectivity index (χ0) is 29.7. The van der Waals surface area contributed by atoms with Gasteiger partial charge in [0.15, 0.2) is 5.92 Å². The number of carbonyl (C=O) groups excluding carboxylic acids is 1. The third-order valence-electron chi connectivity index (χ3n) is 9.24. The van der Waals surface area contributed by atoms with Gasteiger partial charge in [0.25, 0.3) is 0 Å². The van der Waals surface area contributed by atoms with Crippen molar-refractivity contribution in [1.29, 1.82) is 0 Å². The van der Waals surface area contributed by atoms with Crippen LogP contribution in [-0.2, 0) is 17.8 Å². The molecule has 42 heavy (non-hydrogen) atoms. The van der Waals surface area contributed by atoms with Crippen LogP contribution in [0.15, 0.2) is 78.9 Å². The molecule has 1 amide bonds. The maximum Gasteiger partial charge on any atom is 0.404 e. The Bertz CT molecular complexity index is 1320. The molecule has 0 bridgehead atoms. The minimum absolute atomic E-state index is 0.0148. The first kappa shape index (κ1) is 30.1. The van der Waals surface area contributed by atoms with Crippen molar-refractivity contribution < 1.29 is 23.1 Å². The number of nitrogens with zero attached hydrogens (tertiary/aromatic N) is 2. The van der Waals surface area contributed by atoms with Gasteiger partial charge in [-0.3, -0.25) is 4.79 Å². The van der Waals surface area contributed by atoms with Gasteiger partial charge < -0.3 is 20.2 Å². The summed E-state index contributed by atoms with van der Waals surface area (Å²) < 4.78 is 42.5. The molecule has 8 heteroatoms. The predicted molar refractivity (Wildman–Crippen MR) is 159 cm³/mol. The Morgan fingerprint density at radius 3 is 2.31 bits per heavy atom. The maximum atomic E-state index is 14.2. The summed E-state index contributed by atoms with van der Waals surface area (Å²) in [6.07, 6.45) is -1.97. The number of aliphatic hydroxyl groups is 1. The van der Waals surface area contributed by atoms with E-state index in [1.54, 1.807) is 18.2 Å². The van der Waals surface area contributed by atoms with Gasteiger partial charge in [-0.2, -0.15) is 13.2 Å². The van der Waals surface area contributed by atoms with E-state index < -0.39 is 18.0 Å². The Morgan fingerprint density at radius 2 is 1.67 bits per heavy atom. The van der Waals surface area contributed by atoms with E-state index in [1.165, 1.54) is 28.2 Å². The summed E-state index contributed by atoms with van der Waals surface area (Å²) in [6, 6.07) is 24.0. The topological polar surface area (TPSA) is 55.8 Å². The molecule has 0 radical (unpaired) electrons. The highest BCUT2D eigenvalue weighted by atomic mass is 19.4. The lowest BCUT2D eigenvalue weighted by Gasteiger charge is -2.51. The number of halogens is 3. The van der Waals surface area contributed by atoms with E-state index in [0.717, 1.165) is 37.3 Å². The van der Waals surface area contributed by atoms with Crippen molar-refractivity contribution in [3.63, 3.8) is 0 Å². The summed E-state index contributed by atoms with van der Waals surface area (Å²) in [5.41, 5.74) is 4.43. The zero-order valence-corrected chi connectivity index (χ0v) is 24.1. The van der Waals surface area contributed by atoms with Crippen molar-refractivity contribution in [2.75, 3.05) is 44.7 Å². The highest BCUT2D eigenvalue weighted by Crippen LogP contribution is 2.52. The summed E-state index contributed by atoms with van der Waals surface area (Å²) >= 11 is 0. The molecule has 5 nitrogen and oxygen atoms in total. The first-order valence-electron chi connectivity index (χ1n) is 14.8. The molecular weight excluding hydrogens is 539 g/mol. The summed E-state index contributed by atoms with van der Waals surface area (Å²) in [6.45, 7) is 2.93. The van der Waals surface area contributed by atoms with Crippen LogP contribution in [0.5, 0.6) is 0 Å². The highest BCUT2D eigenvalue weighted by molar-refractivity contribution is 5.84. The number of aliphatic hydroxyl groups excluding tert-OH is 1. The summed E-state index contributed by atoms with van der Waals surface area (Å²) in [4.78, 5) is 17.1. The molecule has 2 aliphatic rings. The molecule has 0 aliphatic carbocycles. The average Bonchev–Trinajstić information content (AvgIpc) is 2.98. The van der Waals surface area contributed by atoms with Crippen LogP contribution in [0.2, 0.25) is 0 Å². The van der Waals surface area contributed by atoms with Gasteiger partial charge in [-0.25, -0.2) is 0 Å². The van der Waals surface area contributed by atoms with Crippen LogP contribution < -0.4 is 10.2 Å². The molecule has 224 valence electrons. The average molecular weight is 580 g/mol. The van der Waals surface area contributed by atoms with E-state index in [0.29, 0.717) is 32.4 Å². The fourth-order valence-corrected chi connectivity index (χ4v) is 7.07. The number of carbonyl (C=O) groups is 1. The molecule has 2 fully saturated rings. The number of hydrogen-bond donors (Lipinski definition) is 2. The molecule has 2 aliphatic heterocycles. The van der Waals surface area contributed by atoms with Crippen LogP contribution in [0.25, 0.3) is 0 Å². The standard InChI is InChI=1S/C34H40F3N3O2/c1-39(24-25-9-4-2-5-10-25)29-14-8-13-26(15-22-41)30(29)28-23-38-19-16-33(28)17-20-40(21-18-33)32(42)31(34(35,36)37)27-11-6-3-7-12-27/h2-14,28,31,38,41H,15-24H2,1H3/t28?,31-/m0/s1. The SMILES string of the molecule is CN(Cc1ccccc1)c1cccc(CCO)c1C1CNCCC12CCN(C(=O)[C@H](c1ccccc1)C(F)(F)F)CC2. The molecule has 2 atom stereocenters. The van der Waals surface area contributed by atoms with E-state index >= 15 is 0 Å². The third-order valence-corrected chi connectivity index (χ3v) is 9.24. The van der Waals surface area contributed by atoms with Gasteiger partial charge in [0.2, 0.25) is 5.91 Å². The molecule has 2 heterocycles. The third kappa shape index (κ3) is 6.35. The molecule has 3 aromatic rings. The summed E-state index contributed by atoms with van der Waals surface area (Å²) in [5, 5.41) is 13.5. The number of likely N-dealkylation sites (tertiary alicyclic amines) is 1. The second kappa shape index (κ2) is 12.9. The first-order valence-corrected chi connectivity index (χ1v) is 14.8. The normalized spacial score (nSPS) is 19.5. The Hall–Kier alpha value is -3.36. The molecule has 1 unspecified atom stereocenters. The van der Waals surface area contributed by atoms with Gasteiger partial charge in [-0.15, -0.1) is 0 Å². The molecule has 5 rings (SSSR count). The molecule has 0 saturated carbocycles. The van der Waals surface area contributed by atoms with E-state index in [9.17, 15) is 23.1 Å². The largest absolute Gasteiger partial charge is 0.404 e. The second-order valence-corrected chi connectivity index (χ2v) is 11.7. The van der Waals surface area contributed by atoms with Gasteiger partial charge in [0, 0.05) is 51.4 Å². The van der Waals surface area contributed by atoms with Gasteiger partial charge >= 0.3 is 6.18 Å². The lowest BCUT2D eigenvalue weighted by atomic mass is 9.61. The monoisotopic (exact) mass is 579 g/mol. The van der Waals surface area contributed by atoms with E-state index in [1.807, 2.05) is 24.3 Å². The quantitative estimate of drug-likeness (QED) is 0.350. The van der Waals surface area contributed by atoms with Crippen LogP contribution in [0.4, 0.5) is 18.9 Å². The Balaban J connectivity index is 1.43. The molecule has 2 saturated heterocycles. The number of piperidine rings is 2. The lowest BCUT2D eigenvalue weighted by molar-refractivity contribution is -0.173. The van der Waals surface area contributed by atoms with Crippen molar-refractivity contribution in [2.24, 2.45) is 5.41 Å². The van der Waals surface area contributed by atoms with E-state index in [-0.39, 0.29) is 23.5 Å². The molecule has 0 aromatic heterocycles. The fourth-order valence-electron chi connectivity index (χ4n) is 7.07. The van der Waals surface area contributed by atoms with Crippen LogP contribution >= 0.6 is 0 Å². The Labute approximate surface area is 246 Å². The summed E-state index contributed by atoms with van der Waals surface area (Å²) in [7, 11) is 2.08. The van der Waals surface area contributed by atoms with Crippen molar-refractivity contribution >= 4 is 11.6 Å². The predicted octanol–water partition coefficient (Wildman–Crippen LogP) is 5.89. The lowest BCUT2D eigenvalue weighted by Crippen LogP contribution is -2.53. The maximum absolute atomic E-state index is 14.2. The minimum atomic E-state index is -4.66. The van der Waals surface area contributed by atoms with Gasteiger partial charge in [-0.05, 0) is 66.0 Å². The van der Waals surface area contributed by atoms with Crippen molar-refractivity contribution in [2.45, 2.75) is 50.2 Å². The highest BCUT2D eigenvalue weighted by Gasteiger charge is 2.50. The number of hydrogen-bond acceptors (Lipinski definition) is 4. The second-order valence-electron chi connectivity index (χ2n) is 11.7. The number of nitrogens with one attached hydrogen (secondary N) is 1. The van der Waals surface area contributed by atoms with Gasteiger partial charge in [0.1, 0.15) is 0 Å². The number of benzene rings is 3. The molecular formula is C34H40F3N3O2. The molecule has 1 spiro atoms. The van der Waals surface area contributed by atoms with Crippen molar-refractivity contribution in [1.82, 2.24) is 10.2 Å². The zero-order valence-electron chi connectivity index (χ0n) is 24.1. The van der Waals surface area contributed by atoms with Crippen LogP contribution in [0.3, 0.4) is 0 Å². The van der Waals surface area contributed by atoms with Gasteiger partial charge in [-0.1, -0.05) is 72.8 Å². The van der Waals surface area contributed by atoms with Crippen molar-refractivity contribution in [3.05, 3.63) is 101 Å². The number of anilines is 1. The van der Waals surface area contributed by atoms with Crippen LogP contribution in [-0.4, -0.2) is 61.9 Å². The smallest absolute Gasteiger partial charge is 0.396 e. The summed E-state index contributed by atoms with van der Waals surface area (Å²) in [5.74, 6) is -2.91. The van der Waals surface area contributed by atoms with E-state index in [4.69, 9.17) is 0 Å². The molecule has 3 aromatic carbocycles. The molecule has 2 N–H and O–H groups in total. The first-order chi connectivity index (χ1) is 20.2. The van der Waals surface area contributed by atoms with Crippen LogP contribution in [0, 0.1) is 5.41 Å². The van der Waals surface area contributed by atoms with Crippen LogP contribution in [0.1, 0.15) is 53.4 Å². The van der Waals surface area contributed by atoms with Gasteiger partial charge in [0.05, 0.1) is 0 Å². The van der Waals surface area contributed by atoms with Crippen molar-refractivity contribution in [3.8, 4) is 0 Å². The number of rotatable bonds is 8. The number of alkyl halides is 3. The Morgan fingerprint density at radius 1 is 1.00 bits per heavy atom. The minimum Gasteiger partial charge on any atom is -0.396 e. The fraction of sp³-hybridized carbons (Fsp3) is 0.441. The Kier molecular flexibility index (Phi) is 9.23. The van der Waals surface area contributed by atoms with E-state index in [2.05, 4.69) is 41.5 Å². The number of amides is 1.